The average molecular weight is 430 g/mol. The molecule has 0 bridgehead atoms. The van der Waals surface area contributed by atoms with E-state index < -0.39 is 29.5 Å². The fourth-order valence-corrected chi connectivity index (χ4v) is 3.47. The smallest absolute Gasteiger partial charge is 0.376 e. The highest BCUT2D eigenvalue weighted by Gasteiger charge is 2.37. The van der Waals surface area contributed by atoms with Gasteiger partial charge < -0.3 is 10.0 Å². The maximum absolute atomic E-state index is 12.7. The maximum Gasteiger partial charge on any atom is 0.416 e. The molecule has 4 rings (SSSR count). The largest absolute Gasteiger partial charge is 0.416 e. The van der Waals surface area contributed by atoms with Gasteiger partial charge in [0.2, 0.25) is 5.78 Å². The van der Waals surface area contributed by atoms with E-state index in [1.807, 2.05) is 0 Å². The van der Waals surface area contributed by atoms with Crippen molar-refractivity contribution in [3.63, 3.8) is 0 Å². The Morgan fingerprint density at radius 2 is 1.81 bits per heavy atom. The van der Waals surface area contributed by atoms with E-state index in [-0.39, 0.29) is 12.1 Å². The Morgan fingerprint density at radius 3 is 2.45 bits per heavy atom. The molecule has 0 radical (unpaired) electrons. The molecule has 2 heterocycles. The van der Waals surface area contributed by atoms with Crippen molar-refractivity contribution in [1.29, 1.82) is 0 Å². The van der Waals surface area contributed by atoms with Gasteiger partial charge in [-0.25, -0.2) is 4.68 Å². The van der Waals surface area contributed by atoms with Crippen LogP contribution in [0.15, 0.2) is 48.7 Å². The quantitative estimate of drug-likeness (QED) is 0.643. The number of rotatable bonds is 4. The van der Waals surface area contributed by atoms with E-state index in [2.05, 4.69) is 10.3 Å². The van der Waals surface area contributed by atoms with E-state index in [1.165, 1.54) is 21.7 Å². The lowest BCUT2D eigenvalue weighted by Gasteiger charge is -2.30. The van der Waals surface area contributed by atoms with Gasteiger partial charge in [-0.2, -0.15) is 13.2 Å². The molecule has 3 aromatic rings. The number of halogens is 3. The Labute approximate surface area is 174 Å². The van der Waals surface area contributed by atoms with Gasteiger partial charge in [0.15, 0.2) is 6.10 Å². The van der Waals surface area contributed by atoms with Gasteiger partial charge in [0, 0.05) is 17.7 Å². The molecule has 7 nitrogen and oxygen atoms in total. The van der Waals surface area contributed by atoms with Gasteiger partial charge in [0.05, 0.1) is 24.0 Å². The molecule has 10 heteroatoms. The molecule has 31 heavy (non-hydrogen) atoms. The maximum atomic E-state index is 12.7. The summed E-state index contributed by atoms with van der Waals surface area (Å²) in [7, 11) is 0. The predicted molar refractivity (Wildman–Crippen MR) is 104 cm³/mol. The number of hydrogen-bond donors (Lipinski definition) is 1. The summed E-state index contributed by atoms with van der Waals surface area (Å²) in [5.41, 5.74) is 1.52. The first-order valence-corrected chi connectivity index (χ1v) is 9.43. The van der Waals surface area contributed by atoms with E-state index in [9.17, 15) is 27.9 Å². The fourth-order valence-electron chi connectivity index (χ4n) is 3.47. The number of hydrogen-bond acceptors (Lipinski definition) is 5. The molecule has 0 fully saturated rings. The normalized spacial score (nSPS) is 16.5. The van der Waals surface area contributed by atoms with Crippen LogP contribution < -0.4 is 4.90 Å². The number of alkyl halides is 3. The zero-order valence-electron chi connectivity index (χ0n) is 16.3. The molecule has 0 spiro atoms. The monoisotopic (exact) mass is 430 g/mol. The number of carbonyl (C=O) groups is 2. The number of aromatic nitrogens is 3. The van der Waals surface area contributed by atoms with Crippen LogP contribution in [0.3, 0.4) is 0 Å². The molecular weight excluding hydrogens is 413 g/mol. The van der Waals surface area contributed by atoms with Crippen molar-refractivity contribution in [2.75, 3.05) is 11.4 Å². The Balaban J connectivity index is 1.59. The van der Waals surface area contributed by atoms with Crippen LogP contribution in [0.5, 0.6) is 0 Å². The first-order chi connectivity index (χ1) is 14.7. The van der Waals surface area contributed by atoms with E-state index in [1.54, 1.807) is 31.3 Å². The predicted octanol–water partition coefficient (Wildman–Crippen LogP) is 2.92. The van der Waals surface area contributed by atoms with Crippen LogP contribution in [0.4, 0.5) is 18.9 Å². The van der Waals surface area contributed by atoms with Gasteiger partial charge >= 0.3 is 6.18 Å². The van der Waals surface area contributed by atoms with Gasteiger partial charge in [0.1, 0.15) is 5.69 Å². The lowest BCUT2D eigenvalue weighted by atomic mass is 9.95. The van der Waals surface area contributed by atoms with Gasteiger partial charge in [-0.3, -0.25) is 9.59 Å². The molecule has 0 saturated heterocycles. The second-order valence-electron chi connectivity index (χ2n) is 7.08. The number of likely N-dealkylation sites (N-methyl/N-ethyl adjacent to an activating group) is 1. The van der Waals surface area contributed by atoms with Crippen LogP contribution in [0.2, 0.25) is 0 Å². The Morgan fingerprint density at radius 1 is 1.10 bits per heavy atom. The molecule has 1 atom stereocenters. The topological polar surface area (TPSA) is 88.3 Å². The highest BCUT2D eigenvalue weighted by molar-refractivity contribution is 6.23. The third-order valence-electron chi connectivity index (χ3n) is 5.08. The number of ketones is 1. The second kappa shape index (κ2) is 7.62. The number of anilines is 1. The number of benzene rings is 2. The van der Waals surface area contributed by atoms with Crippen molar-refractivity contribution in [2.45, 2.75) is 25.7 Å². The molecule has 1 aromatic heterocycles. The zero-order valence-corrected chi connectivity index (χ0v) is 16.3. The number of aliphatic hydroxyl groups is 1. The molecule has 1 aliphatic heterocycles. The third kappa shape index (κ3) is 3.81. The van der Waals surface area contributed by atoms with Crippen LogP contribution >= 0.6 is 0 Å². The van der Waals surface area contributed by atoms with Crippen LogP contribution in [0.1, 0.15) is 28.4 Å². The lowest BCUT2D eigenvalue weighted by Crippen LogP contribution is -2.48. The van der Waals surface area contributed by atoms with Gasteiger partial charge in [0.25, 0.3) is 5.91 Å². The van der Waals surface area contributed by atoms with Gasteiger partial charge in [-0.05, 0) is 36.8 Å². The van der Waals surface area contributed by atoms with E-state index >= 15 is 0 Å². The molecule has 160 valence electrons. The summed E-state index contributed by atoms with van der Waals surface area (Å²) in [5, 5.41) is 18.0. The van der Waals surface area contributed by atoms with Gasteiger partial charge in [-0.1, -0.05) is 23.4 Å². The average Bonchev–Trinajstić information content (AvgIpc) is 3.20. The Kier molecular flexibility index (Phi) is 5.10. The molecule has 0 saturated carbocycles. The number of nitrogens with zero attached hydrogens (tertiary/aromatic N) is 4. The molecule has 1 unspecified atom stereocenters. The third-order valence-corrected chi connectivity index (χ3v) is 5.08. The standard InChI is InChI=1S/C21H17F3N4O3/c1-2-28-17-8-5-13(9-15(17)18(29)19(30)20(28)31)16-11-27(26-25-16)10-12-3-6-14(7-4-12)21(22,23)24/h3-9,11,19,30H,2,10H2,1H3. The SMILES string of the molecule is CCN1C(=O)C(O)C(=O)c2cc(-c3cn(Cc4ccc(C(F)(F)F)cc4)nn3)ccc21. The summed E-state index contributed by atoms with van der Waals surface area (Å²) in [6.07, 6.45) is -4.53. The van der Waals surface area contributed by atoms with Crippen molar-refractivity contribution < 1.29 is 27.9 Å². The summed E-state index contributed by atoms with van der Waals surface area (Å²) in [5.74, 6) is -1.33. The second-order valence-corrected chi connectivity index (χ2v) is 7.08. The first-order valence-electron chi connectivity index (χ1n) is 9.43. The fraction of sp³-hybridized carbons (Fsp3) is 0.238. The summed E-state index contributed by atoms with van der Waals surface area (Å²) >= 11 is 0. The summed E-state index contributed by atoms with van der Waals surface area (Å²) in [6.45, 7) is 2.26. The highest BCUT2D eigenvalue weighted by atomic mass is 19.4. The molecule has 1 aliphatic rings. The van der Waals surface area contributed by atoms with Crippen LogP contribution in [0.25, 0.3) is 11.3 Å². The summed E-state index contributed by atoms with van der Waals surface area (Å²) in [4.78, 5) is 25.8. The molecule has 0 aliphatic carbocycles. The molecule has 1 amide bonds. The lowest BCUT2D eigenvalue weighted by molar-refractivity contribution is -0.137. The van der Waals surface area contributed by atoms with Crippen LogP contribution in [-0.2, 0) is 17.5 Å². The number of fused-ring (bicyclic) bond motifs is 1. The van der Waals surface area contributed by atoms with Crippen molar-refractivity contribution >= 4 is 17.4 Å². The number of aliphatic hydroxyl groups excluding tert-OH is 1. The van der Waals surface area contributed by atoms with Crippen molar-refractivity contribution in [3.05, 3.63) is 65.4 Å². The van der Waals surface area contributed by atoms with Crippen LogP contribution in [-0.4, -0.2) is 44.4 Å². The van der Waals surface area contributed by atoms with Gasteiger partial charge in [-0.15, -0.1) is 5.10 Å². The van der Waals surface area contributed by atoms with E-state index in [0.717, 1.165) is 12.1 Å². The minimum absolute atomic E-state index is 0.212. The number of Topliss-reactive ketones (excluding diaryl/α,β-unsaturated/α-hetero) is 1. The van der Waals surface area contributed by atoms with Crippen molar-refractivity contribution in [1.82, 2.24) is 15.0 Å². The minimum Gasteiger partial charge on any atom is -0.376 e. The first kappa shape index (κ1) is 20.7. The molecule has 2 aromatic carbocycles. The van der Waals surface area contributed by atoms with E-state index in [4.69, 9.17) is 0 Å². The molecular formula is C21H17F3N4O3. The zero-order chi connectivity index (χ0) is 22.3. The Hall–Kier alpha value is -3.53. The minimum atomic E-state index is -4.39. The number of amides is 1. The van der Waals surface area contributed by atoms with Crippen LogP contribution in [0, 0.1) is 0 Å². The highest BCUT2D eigenvalue weighted by Crippen LogP contribution is 2.32. The van der Waals surface area contributed by atoms with Crippen molar-refractivity contribution in [2.24, 2.45) is 0 Å². The van der Waals surface area contributed by atoms with Crippen molar-refractivity contribution in [3.8, 4) is 11.3 Å². The molecule has 1 N–H and O–H groups in total. The Bertz CT molecular complexity index is 1160. The van der Waals surface area contributed by atoms with E-state index in [0.29, 0.717) is 29.1 Å². The summed E-state index contributed by atoms with van der Waals surface area (Å²) in [6, 6.07) is 9.61. The summed E-state index contributed by atoms with van der Waals surface area (Å²) < 4.78 is 39.5. The number of carbonyl (C=O) groups excluding carboxylic acids is 2.